The molecule has 0 saturated carbocycles. The standard InChI is InChI=1S/C21H33N7O.HI/c1-4-29-14-8-12-22-21(23-15-20-26-25-17(2)27(20)3)24-18-11-13-28(16-18)19-9-6-5-7-10-19;/h5-7,9-10,18H,4,8,11-16H2,1-3H3,(H2,22,23,24);1H. The highest BCUT2D eigenvalue weighted by Crippen LogP contribution is 2.19. The van der Waals surface area contributed by atoms with Gasteiger partial charge in [-0.1, -0.05) is 18.2 Å². The van der Waals surface area contributed by atoms with Crippen LogP contribution in [0.5, 0.6) is 0 Å². The number of benzene rings is 1. The van der Waals surface area contributed by atoms with Gasteiger partial charge in [-0.15, -0.1) is 34.2 Å². The molecule has 1 unspecified atom stereocenters. The number of nitrogens with one attached hydrogen (secondary N) is 2. The maximum atomic E-state index is 5.43. The average Bonchev–Trinajstić information content (AvgIpc) is 3.34. The molecule has 0 spiro atoms. The maximum Gasteiger partial charge on any atom is 0.191 e. The summed E-state index contributed by atoms with van der Waals surface area (Å²) in [5.74, 6) is 2.57. The van der Waals surface area contributed by atoms with Gasteiger partial charge in [-0.3, -0.25) is 0 Å². The number of halogens is 1. The SMILES string of the molecule is CCOCCCNC(=NCc1nnc(C)n1C)NC1CCN(c2ccccc2)C1.I. The summed E-state index contributed by atoms with van der Waals surface area (Å²) < 4.78 is 7.41. The fourth-order valence-corrected chi connectivity index (χ4v) is 3.36. The zero-order valence-electron chi connectivity index (χ0n) is 18.2. The Kier molecular flexibility index (Phi) is 10.4. The minimum Gasteiger partial charge on any atom is -0.382 e. The minimum atomic E-state index is 0. The van der Waals surface area contributed by atoms with E-state index in [0.29, 0.717) is 12.6 Å². The summed E-state index contributed by atoms with van der Waals surface area (Å²) in [5.41, 5.74) is 1.27. The lowest BCUT2D eigenvalue weighted by atomic mass is 10.2. The normalized spacial score (nSPS) is 16.4. The van der Waals surface area contributed by atoms with E-state index in [9.17, 15) is 0 Å². The lowest BCUT2D eigenvalue weighted by Crippen LogP contribution is -2.45. The van der Waals surface area contributed by atoms with Crippen molar-refractivity contribution in [3.63, 3.8) is 0 Å². The molecule has 1 atom stereocenters. The first-order valence-corrected chi connectivity index (χ1v) is 10.4. The Morgan fingerprint density at radius 1 is 1.27 bits per heavy atom. The number of rotatable bonds is 9. The topological polar surface area (TPSA) is 79.6 Å². The molecule has 1 aliphatic rings. The zero-order valence-corrected chi connectivity index (χ0v) is 20.5. The fraction of sp³-hybridized carbons (Fsp3) is 0.571. The molecule has 0 aliphatic carbocycles. The van der Waals surface area contributed by atoms with E-state index < -0.39 is 0 Å². The molecular formula is C21H34IN7O. The van der Waals surface area contributed by atoms with Crippen molar-refractivity contribution in [3.05, 3.63) is 42.0 Å². The van der Waals surface area contributed by atoms with Gasteiger partial charge in [0, 0.05) is 51.6 Å². The van der Waals surface area contributed by atoms with Crippen molar-refractivity contribution in [1.29, 1.82) is 0 Å². The van der Waals surface area contributed by atoms with Crippen LogP contribution in [0, 0.1) is 6.92 Å². The summed E-state index contributed by atoms with van der Waals surface area (Å²) in [5, 5.41) is 15.4. The van der Waals surface area contributed by atoms with Gasteiger partial charge in [-0.2, -0.15) is 0 Å². The van der Waals surface area contributed by atoms with Gasteiger partial charge in [-0.25, -0.2) is 4.99 Å². The summed E-state index contributed by atoms with van der Waals surface area (Å²) in [7, 11) is 1.97. The van der Waals surface area contributed by atoms with E-state index in [1.165, 1.54) is 5.69 Å². The van der Waals surface area contributed by atoms with Crippen LogP contribution in [0.1, 0.15) is 31.4 Å². The molecule has 9 heteroatoms. The number of nitrogens with zero attached hydrogens (tertiary/aromatic N) is 5. The fourth-order valence-electron chi connectivity index (χ4n) is 3.36. The van der Waals surface area contributed by atoms with Crippen LogP contribution in [0.25, 0.3) is 0 Å². The van der Waals surface area contributed by atoms with Crippen molar-refractivity contribution >= 4 is 35.6 Å². The molecule has 2 heterocycles. The number of aliphatic imine (C=N–C) groups is 1. The summed E-state index contributed by atoms with van der Waals surface area (Å²) in [6, 6.07) is 10.9. The van der Waals surface area contributed by atoms with E-state index in [-0.39, 0.29) is 24.0 Å². The number of aryl methyl sites for hydroxylation is 1. The molecule has 0 radical (unpaired) electrons. The Labute approximate surface area is 196 Å². The van der Waals surface area contributed by atoms with Gasteiger partial charge in [0.25, 0.3) is 0 Å². The summed E-state index contributed by atoms with van der Waals surface area (Å²) in [6.07, 6.45) is 2.02. The molecule has 3 rings (SSSR count). The first kappa shape index (κ1) is 24.4. The summed E-state index contributed by atoms with van der Waals surface area (Å²) in [4.78, 5) is 7.17. The Morgan fingerprint density at radius 2 is 2.07 bits per heavy atom. The van der Waals surface area contributed by atoms with Gasteiger partial charge in [0.1, 0.15) is 12.4 Å². The van der Waals surface area contributed by atoms with Gasteiger partial charge in [-0.05, 0) is 38.8 Å². The Balaban J connectivity index is 0.00000320. The molecule has 1 aromatic heterocycles. The van der Waals surface area contributed by atoms with Crippen molar-refractivity contribution in [3.8, 4) is 0 Å². The molecule has 0 amide bonds. The molecule has 2 N–H and O–H groups in total. The lowest BCUT2D eigenvalue weighted by Gasteiger charge is -2.20. The molecule has 1 aliphatic heterocycles. The third-order valence-corrected chi connectivity index (χ3v) is 5.17. The molecule has 2 aromatic rings. The monoisotopic (exact) mass is 527 g/mol. The summed E-state index contributed by atoms with van der Waals surface area (Å²) in [6.45, 7) is 8.79. The Bertz CT molecular complexity index is 781. The first-order chi connectivity index (χ1) is 14.2. The third-order valence-electron chi connectivity index (χ3n) is 5.17. The van der Waals surface area contributed by atoms with E-state index in [4.69, 9.17) is 9.73 Å². The van der Waals surface area contributed by atoms with Crippen LogP contribution in [0.15, 0.2) is 35.3 Å². The van der Waals surface area contributed by atoms with E-state index >= 15 is 0 Å². The Hall–Kier alpha value is -1.88. The zero-order chi connectivity index (χ0) is 20.5. The van der Waals surface area contributed by atoms with E-state index in [0.717, 1.165) is 63.3 Å². The van der Waals surface area contributed by atoms with Gasteiger partial charge >= 0.3 is 0 Å². The van der Waals surface area contributed by atoms with E-state index in [2.05, 4.69) is 56.1 Å². The molecule has 8 nitrogen and oxygen atoms in total. The number of hydrogen-bond donors (Lipinski definition) is 2. The molecule has 0 bridgehead atoms. The molecule has 30 heavy (non-hydrogen) atoms. The van der Waals surface area contributed by atoms with Gasteiger partial charge in [0.05, 0.1) is 0 Å². The number of hydrogen-bond acceptors (Lipinski definition) is 5. The molecular weight excluding hydrogens is 493 g/mol. The van der Waals surface area contributed by atoms with Crippen molar-refractivity contribution < 1.29 is 4.74 Å². The van der Waals surface area contributed by atoms with E-state index in [1.54, 1.807) is 0 Å². The highest BCUT2D eigenvalue weighted by atomic mass is 127. The third kappa shape index (κ3) is 7.12. The number of para-hydroxylation sites is 1. The second-order valence-corrected chi connectivity index (χ2v) is 7.28. The number of aromatic nitrogens is 3. The molecule has 1 aromatic carbocycles. The number of anilines is 1. The van der Waals surface area contributed by atoms with Crippen molar-refractivity contribution in [2.24, 2.45) is 12.0 Å². The quantitative estimate of drug-likeness (QED) is 0.226. The lowest BCUT2D eigenvalue weighted by molar-refractivity contribution is 0.145. The predicted molar refractivity (Wildman–Crippen MR) is 132 cm³/mol. The van der Waals surface area contributed by atoms with Gasteiger partial charge in [0.2, 0.25) is 0 Å². The summed E-state index contributed by atoms with van der Waals surface area (Å²) >= 11 is 0. The first-order valence-electron chi connectivity index (χ1n) is 10.4. The predicted octanol–water partition coefficient (Wildman–Crippen LogP) is 2.48. The largest absolute Gasteiger partial charge is 0.382 e. The second kappa shape index (κ2) is 12.7. The van der Waals surface area contributed by atoms with Gasteiger partial charge < -0.3 is 24.8 Å². The smallest absolute Gasteiger partial charge is 0.191 e. The highest BCUT2D eigenvalue weighted by molar-refractivity contribution is 14.0. The van der Waals surface area contributed by atoms with Crippen molar-refractivity contribution in [2.45, 2.75) is 39.3 Å². The van der Waals surface area contributed by atoms with Crippen LogP contribution >= 0.6 is 24.0 Å². The van der Waals surface area contributed by atoms with Crippen LogP contribution < -0.4 is 15.5 Å². The van der Waals surface area contributed by atoms with Crippen LogP contribution in [0.3, 0.4) is 0 Å². The number of guanidine groups is 1. The molecule has 1 fully saturated rings. The molecule has 1 saturated heterocycles. The average molecular weight is 527 g/mol. The Morgan fingerprint density at radius 3 is 2.77 bits per heavy atom. The highest BCUT2D eigenvalue weighted by Gasteiger charge is 2.23. The van der Waals surface area contributed by atoms with Crippen LogP contribution in [-0.4, -0.2) is 59.6 Å². The van der Waals surface area contributed by atoms with Crippen LogP contribution in [0.2, 0.25) is 0 Å². The maximum absolute atomic E-state index is 5.43. The van der Waals surface area contributed by atoms with Gasteiger partial charge in [0.15, 0.2) is 11.8 Å². The number of ether oxygens (including phenoxy) is 1. The second-order valence-electron chi connectivity index (χ2n) is 7.28. The molecule has 166 valence electrons. The van der Waals surface area contributed by atoms with Crippen LogP contribution in [-0.2, 0) is 18.3 Å². The van der Waals surface area contributed by atoms with E-state index in [1.807, 2.05) is 25.5 Å². The van der Waals surface area contributed by atoms with Crippen molar-refractivity contribution in [2.75, 3.05) is 37.7 Å². The minimum absolute atomic E-state index is 0. The van der Waals surface area contributed by atoms with Crippen molar-refractivity contribution in [1.82, 2.24) is 25.4 Å². The van der Waals surface area contributed by atoms with Crippen LogP contribution in [0.4, 0.5) is 5.69 Å².